The molecule has 0 aromatic heterocycles. The molecule has 3 rings (SSSR count). The maximum absolute atomic E-state index is 13.0. The molecule has 1 heterocycles. The second-order valence-electron chi connectivity index (χ2n) is 9.18. The molecule has 34 heavy (non-hydrogen) atoms. The third-order valence-corrected chi connectivity index (χ3v) is 8.63. The highest BCUT2D eigenvalue weighted by Gasteiger charge is 2.31. The van der Waals surface area contributed by atoms with E-state index in [1.54, 1.807) is 24.0 Å². The summed E-state index contributed by atoms with van der Waals surface area (Å²) in [5.74, 6) is -0.238. The Bertz CT molecular complexity index is 997. The third-order valence-electron chi connectivity index (χ3n) is 6.59. The molecule has 1 aliphatic heterocycles. The fourth-order valence-corrected chi connectivity index (χ4v) is 6.22. The van der Waals surface area contributed by atoms with Crippen molar-refractivity contribution < 1.29 is 22.8 Å². The fraction of sp³-hybridized carbons (Fsp3) is 0.625. The van der Waals surface area contributed by atoms with Gasteiger partial charge in [-0.25, -0.2) is 8.42 Å². The molecule has 2 fully saturated rings. The van der Waals surface area contributed by atoms with Crippen LogP contribution in [0.5, 0.6) is 0 Å². The van der Waals surface area contributed by atoms with Crippen LogP contribution in [0.15, 0.2) is 23.1 Å². The first-order valence-electron chi connectivity index (χ1n) is 12.1. The van der Waals surface area contributed by atoms with Crippen molar-refractivity contribution in [2.75, 3.05) is 39.3 Å². The number of carbonyl (C=O) groups excluding carboxylic acids is 3. The molecular formula is C24H36N4O5S. The lowest BCUT2D eigenvalue weighted by atomic mass is 10.1. The zero-order valence-corrected chi connectivity index (χ0v) is 21.0. The Hall–Kier alpha value is -2.46. The Morgan fingerprint density at radius 2 is 1.59 bits per heavy atom. The third kappa shape index (κ3) is 6.79. The predicted molar refractivity (Wildman–Crippen MR) is 128 cm³/mol. The molecule has 1 aliphatic carbocycles. The summed E-state index contributed by atoms with van der Waals surface area (Å²) in [5.41, 5.74) is 1.58. The number of benzene rings is 1. The van der Waals surface area contributed by atoms with Crippen LogP contribution in [0.2, 0.25) is 0 Å². The van der Waals surface area contributed by atoms with Gasteiger partial charge in [0.05, 0.1) is 4.90 Å². The number of amides is 3. The average molecular weight is 493 g/mol. The van der Waals surface area contributed by atoms with Crippen molar-refractivity contribution in [3.63, 3.8) is 0 Å². The number of nitrogens with zero attached hydrogens (tertiary/aromatic N) is 2. The number of aryl methyl sites for hydroxylation is 2. The molecule has 1 aromatic rings. The van der Waals surface area contributed by atoms with E-state index in [1.807, 2.05) is 13.0 Å². The van der Waals surface area contributed by atoms with Gasteiger partial charge in [0.2, 0.25) is 27.7 Å². The maximum atomic E-state index is 13.0. The molecule has 0 unspecified atom stereocenters. The first-order chi connectivity index (χ1) is 16.2. The van der Waals surface area contributed by atoms with E-state index in [2.05, 4.69) is 10.6 Å². The molecule has 0 spiro atoms. The van der Waals surface area contributed by atoms with E-state index in [0.29, 0.717) is 36.6 Å². The normalized spacial score (nSPS) is 17.5. The highest BCUT2D eigenvalue weighted by atomic mass is 32.2. The van der Waals surface area contributed by atoms with Crippen LogP contribution in [-0.2, 0) is 24.4 Å². The zero-order chi connectivity index (χ0) is 24.7. The Morgan fingerprint density at radius 1 is 0.941 bits per heavy atom. The number of hydrogen-bond acceptors (Lipinski definition) is 5. The molecule has 0 bridgehead atoms. The van der Waals surface area contributed by atoms with Crippen LogP contribution in [-0.4, -0.2) is 74.6 Å². The maximum Gasteiger partial charge on any atom is 0.243 e. The van der Waals surface area contributed by atoms with E-state index >= 15 is 0 Å². The van der Waals surface area contributed by atoms with Crippen molar-refractivity contribution >= 4 is 27.7 Å². The summed E-state index contributed by atoms with van der Waals surface area (Å²) in [4.78, 5) is 38.4. The SMILES string of the molecule is Cc1ccc(C)c(S(=O)(=O)N2CCN(C(=O)CCC(=O)NCCNC(=O)C3CCCC3)CC2)c1. The average Bonchev–Trinajstić information content (AvgIpc) is 3.37. The first-order valence-corrected chi connectivity index (χ1v) is 13.5. The Balaban J connectivity index is 1.36. The Kier molecular flexibility index (Phi) is 9.07. The predicted octanol–water partition coefficient (Wildman–Crippen LogP) is 1.34. The topological polar surface area (TPSA) is 116 Å². The number of hydrogen-bond donors (Lipinski definition) is 2. The summed E-state index contributed by atoms with van der Waals surface area (Å²) in [6.45, 7) is 5.42. The van der Waals surface area contributed by atoms with Gasteiger partial charge < -0.3 is 15.5 Å². The summed E-state index contributed by atoms with van der Waals surface area (Å²) in [5, 5.41) is 5.58. The number of rotatable bonds is 9. The van der Waals surface area contributed by atoms with Crippen molar-refractivity contribution in [3.05, 3.63) is 29.3 Å². The molecule has 1 saturated carbocycles. The van der Waals surface area contributed by atoms with E-state index in [4.69, 9.17) is 0 Å². The lowest BCUT2D eigenvalue weighted by Gasteiger charge is -2.34. The number of sulfonamides is 1. The summed E-state index contributed by atoms with van der Waals surface area (Å²) in [6.07, 6.45) is 4.21. The highest BCUT2D eigenvalue weighted by Crippen LogP contribution is 2.24. The summed E-state index contributed by atoms with van der Waals surface area (Å²) < 4.78 is 27.5. The van der Waals surface area contributed by atoms with E-state index in [9.17, 15) is 22.8 Å². The molecule has 2 N–H and O–H groups in total. The molecule has 10 heteroatoms. The molecular weight excluding hydrogens is 456 g/mol. The Labute approximate surface area is 202 Å². The van der Waals surface area contributed by atoms with Gasteiger partial charge in [-0.3, -0.25) is 14.4 Å². The van der Waals surface area contributed by atoms with Crippen molar-refractivity contribution in [2.24, 2.45) is 5.92 Å². The second-order valence-corrected chi connectivity index (χ2v) is 11.1. The van der Waals surface area contributed by atoms with Gasteiger partial charge in [0.15, 0.2) is 0 Å². The largest absolute Gasteiger partial charge is 0.354 e. The van der Waals surface area contributed by atoms with E-state index in [1.165, 1.54) is 4.31 Å². The second kappa shape index (κ2) is 11.8. The van der Waals surface area contributed by atoms with Crippen LogP contribution in [0.4, 0.5) is 0 Å². The fourth-order valence-electron chi connectivity index (χ4n) is 4.49. The zero-order valence-electron chi connectivity index (χ0n) is 20.1. The minimum Gasteiger partial charge on any atom is -0.354 e. The molecule has 9 nitrogen and oxygen atoms in total. The molecule has 0 radical (unpaired) electrons. The van der Waals surface area contributed by atoms with Crippen LogP contribution in [0, 0.1) is 19.8 Å². The lowest BCUT2D eigenvalue weighted by Crippen LogP contribution is -2.50. The van der Waals surface area contributed by atoms with Crippen molar-refractivity contribution in [1.29, 1.82) is 0 Å². The van der Waals surface area contributed by atoms with Crippen molar-refractivity contribution in [2.45, 2.75) is 57.3 Å². The standard InChI is InChI=1S/C24H36N4O5S/c1-18-7-8-19(2)21(17-18)34(32,33)28-15-13-27(14-16-28)23(30)10-9-22(29)25-11-12-26-24(31)20-5-3-4-6-20/h7-8,17,20H,3-6,9-16H2,1-2H3,(H,25,29)(H,26,31). The molecule has 1 saturated heterocycles. The Morgan fingerprint density at radius 3 is 2.26 bits per heavy atom. The summed E-state index contributed by atoms with van der Waals surface area (Å²) in [7, 11) is -3.61. The summed E-state index contributed by atoms with van der Waals surface area (Å²) >= 11 is 0. The minimum absolute atomic E-state index is 0.0562. The van der Waals surface area contributed by atoms with Gasteiger partial charge in [-0.1, -0.05) is 25.0 Å². The van der Waals surface area contributed by atoms with E-state index < -0.39 is 10.0 Å². The minimum atomic E-state index is -3.61. The van der Waals surface area contributed by atoms with Gasteiger partial charge in [-0.15, -0.1) is 0 Å². The van der Waals surface area contributed by atoms with Crippen LogP contribution >= 0.6 is 0 Å². The molecule has 3 amide bonds. The van der Waals surface area contributed by atoms with Crippen LogP contribution < -0.4 is 10.6 Å². The van der Waals surface area contributed by atoms with Gasteiger partial charge in [0.25, 0.3) is 0 Å². The van der Waals surface area contributed by atoms with Crippen LogP contribution in [0.3, 0.4) is 0 Å². The van der Waals surface area contributed by atoms with Crippen LogP contribution in [0.25, 0.3) is 0 Å². The van der Waals surface area contributed by atoms with Gasteiger partial charge in [-0.05, 0) is 43.9 Å². The summed E-state index contributed by atoms with van der Waals surface area (Å²) in [6, 6.07) is 5.37. The highest BCUT2D eigenvalue weighted by molar-refractivity contribution is 7.89. The molecule has 1 aromatic carbocycles. The number of carbonyl (C=O) groups is 3. The quantitative estimate of drug-likeness (QED) is 0.505. The van der Waals surface area contributed by atoms with Crippen LogP contribution in [0.1, 0.15) is 49.7 Å². The molecule has 188 valence electrons. The van der Waals surface area contributed by atoms with Crippen molar-refractivity contribution in [3.8, 4) is 0 Å². The number of nitrogens with one attached hydrogen (secondary N) is 2. The van der Waals surface area contributed by atoms with Gasteiger partial charge >= 0.3 is 0 Å². The monoisotopic (exact) mass is 492 g/mol. The van der Waals surface area contributed by atoms with E-state index in [0.717, 1.165) is 31.2 Å². The van der Waals surface area contributed by atoms with Gasteiger partial charge in [0.1, 0.15) is 0 Å². The van der Waals surface area contributed by atoms with Crippen molar-refractivity contribution in [1.82, 2.24) is 19.8 Å². The van der Waals surface area contributed by atoms with Gasteiger partial charge in [0, 0.05) is 58.0 Å². The molecule has 2 aliphatic rings. The number of piperazine rings is 1. The molecule has 0 atom stereocenters. The lowest BCUT2D eigenvalue weighted by molar-refractivity contribution is -0.134. The van der Waals surface area contributed by atoms with Gasteiger partial charge in [-0.2, -0.15) is 4.31 Å². The van der Waals surface area contributed by atoms with E-state index in [-0.39, 0.29) is 49.6 Å². The smallest absolute Gasteiger partial charge is 0.243 e. The first kappa shape index (κ1) is 26.2.